The van der Waals surface area contributed by atoms with Crippen molar-refractivity contribution < 1.29 is 13.7 Å². The zero-order valence-corrected chi connectivity index (χ0v) is 10.6. The summed E-state index contributed by atoms with van der Waals surface area (Å²) in [6.07, 6.45) is 0. The number of nitrogens with zero attached hydrogens (tertiary/aromatic N) is 3. The standard InChI is InChI=1S/C11H8N4O3S/c1-6-5-7(18-15-6)9(16)12-11-14-13-10(17-11)8-3-2-4-19-8/h2-5H,1H3,(H,12,14,16). The highest BCUT2D eigenvalue weighted by Crippen LogP contribution is 2.24. The topological polar surface area (TPSA) is 94.1 Å². The van der Waals surface area contributed by atoms with Crippen LogP contribution in [0.3, 0.4) is 0 Å². The number of carbonyl (C=O) groups excluding carboxylic acids is 1. The van der Waals surface area contributed by atoms with E-state index in [9.17, 15) is 4.79 Å². The van der Waals surface area contributed by atoms with Crippen LogP contribution in [0.5, 0.6) is 0 Å². The van der Waals surface area contributed by atoms with Gasteiger partial charge in [-0.15, -0.1) is 16.4 Å². The SMILES string of the molecule is Cc1cc(C(=O)Nc2nnc(-c3cccs3)o2)on1. The maximum atomic E-state index is 11.8. The Morgan fingerprint density at radius 2 is 2.32 bits per heavy atom. The molecule has 0 unspecified atom stereocenters. The smallest absolute Gasteiger partial charge is 0.322 e. The van der Waals surface area contributed by atoms with Crippen LogP contribution in [0.1, 0.15) is 16.2 Å². The molecule has 1 N–H and O–H groups in total. The highest BCUT2D eigenvalue weighted by Gasteiger charge is 2.16. The van der Waals surface area contributed by atoms with Gasteiger partial charge in [0.05, 0.1) is 10.6 Å². The van der Waals surface area contributed by atoms with Gasteiger partial charge in [0, 0.05) is 6.07 Å². The van der Waals surface area contributed by atoms with E-state index < -0.39 is 5.91 Å². The van der Waals surface area contributed by atoms with E-state index in [0.717, 1.165) is 4.88 Å². The first-order valence-electron chi connectivity index (χ1n) is 5.34. The molecule has 0 saturated carbocycles. The van der Waals surface area contributed by atoms with E-state index in [1.54, 1.807) is 6.92 Å². The molecule has 96 valence electrons. The lowest BCUT2D eigenvalue weighted by molar-refractivity contribution is 0.0985. The average molecular weight is 276 g/mol. The van der Waals surface area contributed by atoms with Crippen LogP contribution in [0.2, 0.25) is 0 Å². The first kappa shape index (κ1) is 11.6. The Morgan fingerprint density at radius 1 is 1.42 bits per heavy atom. The van der Waals surface area contributed by atoms with E-state index >= 15 is 0 Å². The second kappa shape index (κ2) is 4.65. The van der Waals surface area contributed by atoms with Gasteiger partial charge < -0.3 is 8.94 Å². The molecule has 0 fully saturated rings. The molecular weight excluding hydrogens is 268 g/mol. The van der Waals surface area contributed by atoms with E-state index in [-0.39, 0.29) is 11.8 Å². The fourth-order valence-corrected chi connectivity index (χ4v) is 2.05. The summed E-state index contributed by atoms with van der Waals surface area (Å²) in [5.74, 6) is -0.0330. The van der Waals surface area contributed by atoms with Crippen molar-refractivity contribution in [3.8, 4) is 10.8 Å². The lowest BCUT2D eigenvalue weighted by atomic mass is 10.4. The van der Waals surface area contributed by atoms with Gasteiger partial charge in [0.25, 0.3) is 11.8 Å². The molecule has 0 radical (unpaired) electrons. The van der Waals surface area contributed by atoms with Crippen molar-refractivity contribution in [2.24, 2.45) is 0 Å². The van der Waals surface area contributed by atoms with Crippen LogP contribution in [-0.4, -0.2) is 21.3 Å². The third-order valence-electron chi connectivity index (χ3n) is 2.23. The summed E-state index contributed by atoms with van der Waals surface area (Å²) < 4.78 is 10.1. The fraction of sp³-hybridized carbons (Fsp3) is 0.0909. The summed E-state index contributed by atoms with van der Waals surface area (Å²) in [6, 6.07) is 5.26. The van der Waals surface area contributed by atoms with Gasteiger partial charge in [-0.05, 0) is 18.4 Å². The molecule has 0 atom stereocenters. The van der Waals surface area contributed by atoms with Crippen LogP contribution in [0.25, 0.3) is 10.8 Å². The van der Waals surface area contributed by atoms with Crippen LogP contribution in [0.15, 0.2) is 32.5 Å². The number of carbonyl (C=O) groups is 1. The van der Waals surface area contributed by atoms with E-state index in [1.165, 1.54) is 17.4 Å². The quantitative estimate of drug-likeness (QED) is 0.789. The van der Waals surface area contributed by atoms with Crippen LogP contribution in [-0.2, 0) is 0 Å². The van der Waals surface area contributed by atoms with E-state index in [2.05, 4.69) is 20.7 Å². The normalized spacial score (nSPS) is 10.6. The summed E-state index contributed by atoms with van der Waals surface area (Å²) in [6.45, 7) is 1.72. The first-order valence-corrected chi connectivity index (χ1v) is 6.22. The van der Waals surface area contributed by atoms with Gasteiger partial charge in [0.15, 0.2) is 0 Å². The van der Waals surface area contributed by atoms with Crippen molar-refractivity contribution in [2.75, 3.05) is 5.32 Å². The molecule has 19 heavy (non-hydrogen) atoms. The summed E-state index contributed by atoms with van der Waals surface area (Å²) in [4.78, 5) is 12.6. The first-order chi connectivity index (χ1) is 9.22. The predicted molar refractivity (Wildman–Crippen MR) is 66.8 cm³/mol. The number of nitrogens with one attached hydrogen (secondary N) is 1. The minimum Gasteiger partial charge on any atom is -0.402 e. The molecule has 3 aromatic heterocycles. The third-order valence-corrected chi connectivity index (χ3v) is 3.09. The van der Waals surface area contributed by atoms with E-state index in [4.69, 9.17) is 8.94 Å². The van der Waals surface area contributed by atoms with Crippen molar-refractivity contribution in [2.45, 2.75) is 6.92 Å². The number of rotatable bonds is 3. The van der Waals surface area contributed by atoms with E-state index in [1.807, 2.05) is 17.5 Å². The monoisotopic (exact) mass is 276 g/mol. The van der Waals surface area contributed by atoms with Crippen LogP contribution in [0.4, 0.5) is 6.01 Å². The summed E-state index contributed by atoms with van der Waals surface area (Å²) in [5, 5.41) is 15.6. The van der Waals surface area contributed by atoms with Crippen molar-refractivity contribution >= 4 is 23.3 Å². The highest BCUT2D eigenvalue weighted by atomic mass is 32.1. The second-order valence-electron chi connectivity index (χ2n) is 3.68. The Bertz CT molecular complexity index is 701. The molecule has 0 spiro atoms. The van der Waals surface area contributed by atoms with Gasteiger partial charge in [-0.1, -0.05) is 16.3 Å². The third kappa shape index (κ3) is 2.38. The molecule has 3 rings (SSSR count). The maximum Gasteiger partial charge on any atom is 0.322 e. The molecule has 0 aliphatic heterocycles. The molecule has 7 nitrogen and oxygen atoms in total. The molecule has 0 aromatic carbocycles. The number of thiophene rings is 1. The Kier molecular flexibility index (Phi) is 2.84. The molecule has 0 aliphatic rings. The lowest BCUT2D eigenvalue weighted by Gasteiger charge is -1.94. The molecule has 0 bridgehead atoms. The summed E-state index contributed by atoms with van der Waals surface area (Å²) in [7, 11) is 0. The van der Waals surface area contributed by atoms with Crippen LogP contribution >= 0.6 is 11.3 Å². The zero-order valence-electron chi connectivity index (χ0n) is 9.78. The number of hydrogen-bond acceptors (Lipinski definition) is 7. The van der Waals surface area contributed by atoms with Crippen molar-refractivity contribution in [1.82, 2.24) is 15.4 Å². The van der Waals surface area contributed by atoms with Crippen molar-refractivity contribution in [3.05, 3.63) is 35.0 Å². The molecule has 3 heterocycles. The number of anilines is 1. The summed E-state index contributed by atoms with van der Waals surface area (Å²) >= 11 is 1.47. The number of amides is 1. The second-order valence-corrected chi connectivity index (χ2v) is 4.62. The number of aromatic nitrogens is 3. The van der Waals surface area contributed by atoms with Gasteiger partial charge in [-0.2, -0.15) is 0 Å². The molecule has 3 aromatic rings. The number of hydrogen-bond donors (Lipinski definition) is 1. The highest BCUT2D eigenvalue weighted by molar-refractivity contribution is 7.13. The number of aryl methyl sites for hydroxylation is 1. The van der Waals surface area contributed by atoms with Gasteiger partial charge in [0.2, 0.25) is 5.76 Å². The van der Waals surface area contributed by atoms with E-state index in [0.29, 0.717) is 11.6 Å². The average Bonchev–Trinajstić information content (AvgIpc) is 3.07. The Hall–Kier alpha value is -2.48. The minimum atomic E-state index is -0.484. The van der Waals surface area contributed by atoms with Gasteiger partial charge in [-0.3, -0.25) is 10.1 Å². The zero-order chi connectivity index (χ0) is 13.2. The summed E-state index contributed by atoms with van der Waals surface area (Å²) in [5.41, 5.74) is 0.620. The Balaban J connectivity index is 1.76. The Labute approximate surface area is 111 Å². The van der Waals surface area contributed by atoms with Gasteiger partial charge >= 0.3 is 6.01 Å². The van der Waals surface area contributed by atoms with Gasteiger partial charge in [-0.25, -0.2) is 0 Å². The van der Waals surface area contributed by atoms with Crippen LogP contribution in [0, 0.1) is 6.92 Å². The molecule has 0 aliphatic carbocycles. The van der Waals surface area contributed by atoms with Gasteiger partial charge in [0.1, 0.15) is 0 Å². The van der Waals surface area contributed by atoms with Crippen molar-refractivity contribution in [1.29, 1.82) is 0 Å². The van der Waals surface area contributed by atoms with Crippen LogP contribution < -0.4 is 5.32 Å². The Morgan fingerprint density at radius 3 is 3.00 bits per heavy atom. The molecule has 1 amide bonds. The maximum absolute atomic E-state index is 11.8. The van der Waals surface area contributed by atoms with Crippen molar-refractivity contribution in [3.63, 3.8) is 0 Å². The largest absolute Gasteiger partial charge is 0.402 e. The molecule has 0 saturated heterocycles. The lowest BCUT2D eigenvalue weighted by Crippen LogP contribution is -2.11. The predicted octanol–water partition coefficient (Wildman–Crippen LogP) is 2.35. The molecule has 8 heteroatoms. The minimum absolute atomic E-state index is 0.0162. The molecular formula is C11H8N4O3S. The fourth-order valence-electron chi connectivity index (χ4n) is 1.40.